The molecule has 1 aromatic carbocycles. The highest BCUT2D eigenvalue weighted by molar-refractivity contribution is 5.72. The van der Waals surface area contributed by atoms with Crippen LogP contribution in [0.25, 0.3) is 0 Å². The lowest BCUT2D eigenvalue weighted by molar-refractivity contribution is -0.118. The van der Waals surface area contributed by atoms with Crippen molar-refractivity contribution in [2.75, 3.05) is 6.54 Å². The molecule has 3 nitrogen and oxygen atoms in total. The van der Waals surface area contributed by atoms with Crippen molar-refractivity contribution in [3.8, 4) is 5.75 Å². The molecule has 1 aromatic rings. The number of amides is 1. The van der Waals surface area contributed by atoms with Gasteiger partial charge in [-0.25, -0.2) is 0 Å². The van der Waals surface area contributed by atoms with E-state index >= 15 is 0 Å². The predicted molar refractivity (Wildman–Crippen MR) is 55.5 cm³/mol. The maximum atomic E-state index is 11.8. The summed E-state index contributed by atoms with van der Waals surface area (Å²) in [6, 6.07) is 6.35. The summed E-state index contributed by atoms with van der Waals surface area (Å²) in [5.41, 5.74) is 0.954. The van der Waals surface area contributed by atoms with Crippen molar-refractivity contribution in [1.29, 1.82) is 0 Å². The van der Waals surface area contributed by atoms with E-state index in [9.17, 15) is 13.6 Å². The smallest absolute Gasteiger partial charge is 0.387 e. The Morgan fingerprint density at radius 2 is 2.00 bits per heavy atom. The maximum absolute atomic E-state index is 11.8. The molecule has 0 atom stereocenters. The molecule has 0 fully saturated rings. The van der Waals surface area contributed by atoms with Gasteiger partial charge in [0, 0.05) is 13.5 Å². The molecule has 0 heterocycles. The third kappa shape index (κ3) is 4.72. The Hall–Kier alpha value is -1.65. The summed E-state index contributed by atoms with van der Waals surface area (Å²) >= 11 is 0. The Morgan fingerprint density at radius 3 is 2.50 bits per heavy atom. The van der Waals surface area contributed by atoms with Gasteiger partial charge in [0.15, 0.2) is 0 Å². The first-order valence-electron chi connectivity index (χ1n) is 4.86. The van der Waals surface area contributed by atoms with Gasteiger partial charge in [-0.3, -0.25) is 4.79 Å². The fourth-order valence-corrected chi connectivity index (χ4v) is 1.22. The highest BCUT2D eigenvalue weighted by atomic mass is 19.3. The number of hydrogen-bond acceptors (Lipinski definition) is 2. The Morgan fingerprint density at radius 1 is 1.38 bits per heavy atom. The number of rotatable bonds is 5. The van der Waals surface area contributed by atoms with Crippen LogP contribution in [0.4, 0.5) is 8.78 Å². The van der Waals surface area contributed by atoms with E-state index in [4.69, 9.17) is 0 Å². The van der Waals surface area contributed by atoms with Crippen LogP contribution in [-0.4, -0.2) is 19.1 Å². The van der Waals surface area contributed by atoms with Gasteiger partial charge in [0.05, 0.1) is 0 Å². The Kier molecular flexibility index (Phi) is 4.69. The number of alkyl halides is 2. The maximum Gasteiger partial charge on any atom is 0.387 e. The summed E-state index contributed by atoms with van der Waals surface area (Å²) in [5.74, 6) is 0.0518. The first kappa shape index (κ1) is 12.4. The zero-order valence-corrected chi connectivity index (χ0v) is 8.87. The van der Waals surface area contributed by atoms with Crippen molar-refractivity contribution in [3.05, 3.63) is 29.8 Å². The van der Waals surface area contributed by atoms with Crippen molar-refractivity contribution in [2.45, 2.75) is 20.0 Å². The van der Waals surface area contributed by atoms with Gasteiger partial charge in [0.25, 0.3) is 0 Å². The number of carbonyl (C=O) groups is 1. The number of carbonyl (C=O) groups excluding carboxylic acids is 1. The highest BCUT2D eigenvalue weighted by Crippen LogP contribution is 2.14. The van der Waals surface area contributed by atoms with Crippen LogP contribution < -0.4 is 10.1 Å². The summed E-state index contributed by atoms with van der Waals surface area (Å²) in [5, 5.41) is 2.65. The van der Waals surface area contributed by atoms with Crippen molar-refractivity contribution < 1.29 is 18.3 Å². The third-order valence-corrected chi connectivity index (χ3v) is 1.94. The SMILES string of the molecule is CC(=O)NCCc1ccc(OC(F)F)cc1. The van der Waals surface area contributed by atoms with Gasteiger partial charge >= 0.3 is 6.61 Å². The van der Waals surface area contributed by atoms with Crippen LogP contribution in [0.3, 0.4) is 0 Å². The zero-order chi connectivity index (χ0) is 12.0. The summed E-state index contributed by atoms with van der Waals surface area (Å²) in [7, 11) is 0. The third-order valence-electron chi connectivity index (χ3n) is 1.94. The topological polar surface area (TPSA) is 38.3 Å². The fraction of sp³-hybridized carbons (Fsp3) is 0.364. The van der Waals surface area contributed by atoms with E-state index in [0.29, 0.717) is 13.0 Å². The van der Waals surface area contributed by atoms with Crippen molar-refractivity contribution >= 4 is 5.91 Å². The lowest BCUT2D eigenvalue weighted by Gasteiger charge is -2.06. The van der Waals surface area contributed by atoms with Crippen LogP contribution in [0, 0.1) is 0 Å². The first-order chi connectivity index (χ1) is 7.58. The molecule has 5 heteroatoms. The Bertz CT molecular complexity index is 338. The van der Waals surface area contributed by atoms with Gasteiger partial charge in [0.2, 0.25) is 5.91 Å². The van der Waals surface area contributed by atoms with E-state index in [1.807, 2.05) is 0 Å². The second kappa shape index (κ2) is 6.05. The number of nitrogens with one attached hydrogen (secondary N) is 1. The molecule has 0 aliphatic rings. The van der Waals surface area contributed by atoms with Crippen LogP contribution in [0.2, 0.25) is 0 Å². The molecule has 0 unspecified atom stereocenters. The minimum atomic E-state index is -2.80. The highest BCUT2D eigenvalue weighted by Gasteiger charge is 2.03. The molecule has 1 amide bonds. The monoisotopic (exact) mass is 229 g/mol. The van der Waals surface area contributed by atoms with Crippen LogP contribution >= 0.6 is 0 Å². The van der Waals surface area contributed by atoms with E-state index in [1.54, 1.807) is 12.1 Å². The molecule has 1 rings (SSSR count). The van der Waals surface area contributed by atoms with Crippen LogP contribution in [0.5, 0.6) is 5.75 Å². The average molecular weight is 229 g/mol. The molecule has 88 valence electrons. The molecule has 16 heavy (non-hydrogen) atoms. The fourth-order valence-electron chi connectivity index (χ4n) is 1.22. The number of benzene rings is 1. The lowest BCUT2D eigenvalue weighted by atomic mass is 10.1. The van der Waals surface area contributed by atoms with Crippen LogP contribution in [0.1, 0.15) is 12.5 Å². The van der Waals surface area contributed by atoms with Gasteiger partial charge in [-0.15, -0.1) is 0 Å². The Labute approximate surface area is 92.4 Å². The van der Waals surface area contributed by atoms with E-state index in [1.165, 1.54) is 19.1 Å². The Balaban J connectivity index is 2.42. The molecule has 0 aliphatic heterocycles. The second-order valence-electron chi connectivity index (χ2n) is 3.26. The van der Waals surface area contributed by atoms with Crippen LogP contribution in [0.15, 0.2) is 24.3 Å². The zero-order valence-electron chi connectivity index (χ0n) is 8.87. The van der Waals surface area contributed by atoms with E-state index in [-0.39, 0.29) is 11.7 Å². The van der Waals surface area contributed by atoms with Crippen molar-refractivity contribution in [1.82, 2.24) is 5.32 Å². The average Bonchev–Trinajstić information content (AvgIpc) is 2.19. The van der Waals surface area contributed by atoms with E-state index in [0.717, 1.165) is 5.56 Å². The van der Waals surface area contributed by atoms with Crippen LogP contribution in [-0.2, 0) is 11.2 Å². The van der Waals surface area contributed by atoms with Gasteiger partial charge < -0.3 is 10.1 Å². The molecule has 0 saturated carbocycles. The minimum Gasteiger partial charge on any atom is -0.435 e. The quantitative estimate of drug-likeness (QED) is 0.838. The molecule has 0 bridgehead atoms. The molecule has 0 aromatic heterocycles. The molecular weight excluding hydrogens is 216 g/mol. The molecule has 0 radical (unpaired) electrons. The molecule has 0 saturated heterocycles. The van der Waals surface area contributed by atoms with Crippen molar-refractivity contribution in [3.63, 3.8) is 0 Å². The summed E-state index contributed by atoms with van der Waals surface area (Å²) < 4.78 is 27.9. The summed E-state index contributed by atoms with van der Waals surface area (Å²) in [6.45, 7) is -0.825. The molecule has 0 spiro atoms. The van der Waals surface area contributed by atoms with Gasteiger partial charge in [-0.2, -0.15) is 8.78 Å². The normalized spacial score (nSPS) is 10.2. The first-order valence-corrected chi connectivity index (χ1v) is 4.86. The van der Waals surface area contributed by atoms with Gasteiger partial charge in [0.1, 0.15) is 5.75 Å². The number of halogens is 2. The number of hydrogen-bond donors (Lipinski definition) is 1. The lowest BCUT2D eigenvalue weighted by Crippen LogP contribution is -2.22. The van der Waals surface area contributed by atoms with Crippen molar-refractivity contribution in [2.24, 2.45) is 0 Å². The minimum absolute atomic E-state index is 0.0855. The van der Waals surface area contributed by atoms with E-state index < -0.39 is 6.61 Å². The molecular formula is C11H13F2NO2. The number of ether oxygens (including phenoxy) is 1. The van der Waals surface area contributed by atoms with Gasteiger partial charge in [-0.05, 0) is 24.1 Å². The predicted octanol–water partition coefficient (Wildman–Crippen LogP) is 1.97. The largest absolute Gasteiger partial charge is 0.435 e. The van der Waals surface area contributed by atoms with Gasteiger partial charge in [-0.1, -0.05) is 12.1 Å². The van der Waals surface area contributed by atoms with E-state index in [2.05, 4.69) is 10.1 Å². The molecule has 0 aliphatic carbocycles. The standard InChI is InChI=1S/C11H13F2NO2/c1-8(15)14-7-6-9-2-4-10(5-3-9)16-11(12)13/h2-5,11H,6-7H2,1H3,(H,14,15). The second-order valence-corrected chi connectivity index (χ2v) is 3.26. The summed E-state index contributed by atoms with van der Waals surface area (Å²) in [6.07, 6.45) is 0.661. The summed E-state index contributed by atoms with van der Waals surface area (Å²) in [4.78, 5) is 10.6. The molecule has 1 N–H and O–H groups in total.